The highest BCUT2D eigenvalue weighted by Crippen LogP contribution is 2.12. The van der Waals surface area contributed by atoms with Gasteiger partial charge in [0.15, 0.2) is 0 Å². The zero-order chi connectivity index (χ0) is 16.1. The Morgan fingerprint density at radius 2 is 1.09 bits per heavy atom. The minimum Gasteiger partial charge on any atom is -0.379 e. The zero-order valence-electron chi connectivity index (χ0n) is 15.4. The molecule has 0 saturated heterocycles. The Labute approximate surface area is 140 Å². The Balaban J connectivity index is 2.91. The Kier molecular flexibility index (Phi) is 20.8. The average Bonchev–Trinajstić information content (AvgIpc) is 2.54. The van der Waals surface area contributed by atoms with E-state index in [1.165, 1.54) is 77.0 Å². The predicted molar refractivity (Wildman–Crippen MR) is 97.1 cm³/mol. The SMILES string of the molecule is CCCCCCCCCCCCC[CH]OCCOCCCC. The average molecular weight is 314 g/mol. The van der Waals surface area contributed by atoms with Crippen LogP contribution < -0.4 is 0 Å². The summed E-state index contributed by atoms with van der Waals surface area (Å²) in [5.41, 5.74) is 0. The van der Waals surface area contributed by atoms with E-state index in [4.69, 9.17) is 9.47 Å². The first-order valence-electron chi connectivity index (χ1n) is 9.92. The van der Waals surface area contributed by atoms with Crippen molar-refractivity contribution in [1.29, 1.82) is 0 Å². The number of hydrogen-bond donors (Lipinski definition) is 0. The first-order chi connectivity index (χ1) is 10.9. The lowest BCUT2D eigenvalue weighted by atomic mass is 10.1. The Morgan fingerprint density at radius 1 is 0.545 bits per heavy atom. The topological polar surface area (TPSA) is 18.5 Å². The second-order valence-electron chi connectivity index (χ2n) is 6.33. The van der Waals surface area contributed by atoms with Crippen molar-refractivity contribution in [1.82, 2.24) is 0 Å². The predicted octanol–water partition coefficient (Wildman–Crippen LogP) is 6.68. The summed E-state index contributed by atoms with van der Waals surface area (Å²) in [7, 11) is 0. The first kappa shape index (κ1) is 21.9. The molecule has 0 heterocycles. The molecule has 0 rings (SSSR count). The van der Waals surface area contributed by atoms with Crippen molar-refractivity contribution in [3.63, 3.8) is 0 Å². The van der Waals surface area contributed by atoms with Crippen molar-refractivity contribution in [2.24, 2.45) is 0 Å². The highest BCUT2D eigenvalue weighted by Gasteiger charge is 1.94. The normalized spacial score (nSPS) is 11.2. The van der Waals surface area contributed by atoms with Crippen molar-refractivity contribution in [3.8, 4) is 0 Å². The Hall–Kier alpha value is -0.0800. The van der Waals surface area contributed by atoms with Gasteiger partial charge in [0, 0.05) is 6.61 Å². The molecule has 0 aromatic heterocycles. The van der Waals surface area contributed by atoms with Crippen LogP contribution in [0.5, 0.6) is 0 Å². The van der Waals surface area contributed by atoms with E-state index in [1.54, 1.807) is 0 Å². The van der Waals surface area contributed by atoms with Crippen molar-refractivity contribution < 1.29 is 9.47 Å². The molecule has 0 aliphatic carbocycles. The fraction of sp³-hybridized carbons (Fsp3) is 0.950. The van der Waals surface area contributed by atoms with Crippen LogP contribution in [-0.4, -0.2) is 19.8 Å². The molecule has 1 radical (unpaired) electrons. The summed E-state index contributed by atoms with van der Waals surface area (Å²) in [5.74, 6) is 0. The molecule has 0 unspecified atom stereocenters. The number of rotatable bonds is 19. The Morgan fingerprint density at radius 3 is 1.68 bits per heavy atom. The fourth-order valence-electron chi connectivity index (χ4n) is 2.51. The van der Waals surface area contributed by atoms with E-state index < -0.39 is 0 Å². The van der Waals surface area contributed by atoms with Crippen LogP contribution in [0.15, 0.2) is 0 Å². The minimum absolute atomic E-state index is 0.710. The molecule has 0 saturated carbocycles. The second kappa shape index (κ2) is 20.9. The summed E-state index contributed by atoms with van der Waals surface area (Å²) < 4.78 is 10.9. The van der Waals surface area contributed by atoms with Crippen molar-refractivity contribution in [2.75, 3.05) is 19.8 Å². The maximum Gasteiger partial charge on any atom is 0.0837 e. The molecule has 0 aliphatic rings. The fourth-order valence-corrected chi connectivity index (χ4v) is 2.51. The summed E-state index contributed by atoms with van der Waals surface area (Å²) in [5, 5.41) is 0. The van der Waals surface area contributed by atoms with Gasteiger partial charge in [0.25, 0.3) is 0 Å². The lowest BCUT2D eigenvalue weighted by molar-refractivity contribution is 0.0681. The lowest BCUT2D eigenvalue weighted by Gasteiger charge is -2.05. The van der Waals surface area contributed by atoms with E-state index in [1.807, 2.05) is 6.61 Å². The summed E-state index contributed by atoms with van der Waals surface area (Å²) in [4.78, 5) is 0. The molecule has 0 amide bonds. The van der Waals surface area contributed by atoms with E-state index in [9.17, 15) is 0 Å². The smallest absolute Gasteiger partial charge is 0.0837 e. The summed E-state index contributed by atoms with van der Waals surface area (Å²) >= 11 is 0. The molecule has 0 fully saturated rings. The number of ether oxygens (including phenoxy) is 2. The van der Waals surface area contributed by atoms with Crippen LogP contribution in [0.2, 0.25) is 0 Å². The summed E-state index contributed by atoms with van der Waals surface area (Å²) in [6, 6.07) is 0. The molecule has 0 bridgehead atoms. The van der Waals surface area contributed by atoms with E-state index in [0.717, 1.165) is 26.1 Å². The third-order valence-corrected chi connectivity index (χ3v) is 4.03. The maximum absolute atomic E-state index is 5.46. The van der Waals surface area contributed by atoms with Crippen LogP contribution in [0.3, 0.4) is 0 Å². The van der Waals surface area contributed by atoms with E-state index in [0.29, 0.717) is 6.61 Å². The van der Waals surface area contributed by atoms with E-state index in [2.05, 4.69) is 13.8 Å². The largest absolute Gasteiger partial charge is 0.379 e. The standard InChI is InChI=1S/C20H41O2/c1-3-5-7-8-9-10-11-12-13-14-15-16-18-22-20-19-21-17-6-4-2/h18H,3-17,19-20H2,1-2H3. The molecule has 0 aromatic rings. The van der Waals surface area contributed by atoms with Crippen molar-refractivity contribution in [3.05, 3.63) is 6.61 Å². The van der Waals surface area contributed by atoms with Gasteiger partial charge in [-0.2, -0.15) is 0 Å². The minimum atomic E-state index is 0.710. The Bertz CT molecular complexity index is 163. The van der Waals surface area contributed by atoms with Gasteiger partial charge in [-0.05, 0) is 12.8 Å². The first-order valence-corrected chi connectivity index (χ1v) is 9.92. The molecule has 0 aromatic carbocycles. The molecule has 2 nitrogen and oxygen atoms in total. The summed E-state index contributed by atoms with van der Waals surface area (Å²) in [6.07, 6.45) is 18.9. The van der Waals surface area contributed by atoms with Crippen LogP contribution in [0, 0.1) is 6.61 Å². The van der Waals surface area contributed by atoms with Gasteiger partial charge < -0.3 is 9.47 Å². The highest BCUT2D eigenvalue weighted by atomic mass is 16.5. The molecule has 0 N–H and O–H groups in total. The van der Waals surface area contributed by atoms with Gasteiger partial charge in [-0.15, -0.1) is 0 Å². The molecule has 0 spiro atoms. The van der Waals surface area contributed by atoms with Crippen LogP contribution in [0.25, 0.3) is 0 Å². The van der Waals surface area contributed by atoms with Crippen LogP contribution in [0.1, 0.15) is 104 Å². The molecule has 0 aliphatic heterocycles. The zero-order valence-corrected chi connectivity index (χ0v) is 15.4. The van der Waals surface area contributed by atoms with Gasteiger partial charge in [0.1, 0.15) is 0 Å². The lowest BCUT2D eigenvalue weighted by Crippen LogP contribution is -2.03. The van der Waals surface area contributed by atoms with E-state index in [-0.39, 0.29) is 0 Å². The molecule has 133 valence electrons. The molecular formula is C20H41O2. The second-order valence-corrected chi connectivity index (χ2v) is 6.33. The van der Waals surface area contributed by atoms with Gasteiger partial charge >= 0.3 is 0 Å². The van der Waals surface area contributed by atoms with Crippen LogP contribution >= 0.6 is 0 Å². The van der Waals surface area contributed by atoms with Gasteiger partial charge in [-0.25, -0.2) is 0 Å². The summed E-state index contributed by atoms with van der Waals surface area (Å²) in [6.45, 7) is 8.75. The van der Waals surface area contributed by atoms with Gasteiger partial charge in [0.05, 0.1) is 19.8 Å². The van der Waals surface area contributed by atoms with Gasteiger partial charge in [0.2, 0.25) is 0 Å². The maximum atomic E-state index is 5.46. The van der Waals surface area contributed by atoms with Crippen molar-refractivity contribution >= 4 is 0 Å². The van der Waals surface area contributed by atoms with E-state index >= 15 is 0 Å². The third kappa shape index (κ3) is 19.9. The van der Waals surface area contributed by atoms with Crippen LogP contribution in [-0.2, 0) is 9.47 Å². The molecular weight excluding hydrogens is 272 g/mol. The van der Waals surface area contributed by atoms with Crippen LogP contribution in [0.4, 0.5) is 0 Å². The molecule has 0 atom stereocenters. The van der Waals surface area contributed by atoms with Gasteiger partial charge in [-0.3, -0.25) is 0 Å². The molecule has 22 heavy (non-hydrogen) atoms. The highest BCUT2D eigenvalue weighted by molar-refractivity contribution is 4.53. The van der Waals surface area contributed by atoms with Crippen molar-refractivity contribution in [2.45, 2.75) is 104 Å². The molecule has 2 heteroatoms. The number of hydrogen-bond acceptors (Lipinski definition) is 2. The third-order valence-electron chi connectivity index (χ3n) is 4.03. The van der Waals surface area contributed by atoms with Gasteiger partial charge in [-0.1, -0.05) is 90.9 Å². The number of unbranched alkanes of at least 4 members (excludes halogenated alkanes) is 12. The monoisotopic (exact) mass is 313 g/mol. The quantitative estimate of drug-likeness (QED) is 0.247.